The monoisotopic (exact) mass is 378 g/mol. The van der Waals surface area contributed by atoms with E-state index in [1.165, 1.54) is 11.1 Å². The van der Waals surface area contributed by atoms with Crippen LogP contribution < -0.4 is 4.74 Å². The van der Waals surface area contributed by atoms with Crippen molar-refractivity contribution in [2.75, 3.05) is 32.8 Å². The Hall–Kier alpha value is -2.33. The molecule has 3 atom stereocenters. The smallest absolute Gasteiger partial charge is 0.222 e. The summed E-state index contributed by atoms with van der Waals surface area (Å²) in [4.78, 5) is 17.3. The molecule has 2 aliphatic heterocycles. The van der Waals surface area contributed by atoms with Gasteiger partial charge in [0.1, 0.15) is 12.4 Å². The van der Waals surface area contributed by atoms with Gasteiger partial charge in [-0.25, -0.2) is 0 Å². The summed E-state index contributed by atoms with van der Waals surface area (Å²) >= 11 is 0. The van der Waals surface area contributed by atoms with E-state index in [0.29, 0.717) is 24.9 Å². The standard InChI is InChI=1S/C24H30N2O2/c1-3-23(27)26-16-19-15-25(13-14-28-20-10-5-4-6-11-20)17-22(19)24(26)21-12-8-7-9-18(21)2/h4-12,19,22,24H,3,13-17H2,1-2H3/t19-,22-,24+/m0/s1. The number of carbonyl (C=O) groups is 1. The molecule has 2 aromatic carbocycles. The average Bonchev–Trinajstić information content (AvgIpc) is 3.26. The molecule has 4 nitrogen and oxygen atoms in total. The Morgan fingerprint density at radius 3 is 2.54 bits per heavy atom. The van der Waals surface area contributed by atoms with E-state index >= 15 is 0 Å². The Morgan fingerprint density at radius 1 is 1.04 bits per heavy atom. The molecular weight excluding hydrogens is 348 g/mol. The second-order valence-corrected chi connectivity index (χ2v) is 8.05. The molecule has 0 unspecified atom stereocenters. The molecule has 2 saturated heterocycles. The van der Waals surface area contributed by atoms with E-state index in [1.54, 1.807) is 0 Å². The lowest BCUT2D eigenvalue weighted by molar-refractivity contribution is -0.132. The Balaban J connectivity index is 1.44. The number of hydrogen-bond acceptors (Lipinski definition) is 3. The number of benzene rings is 2. The number of rotatable bonds is 6. The quantitative estimate of drug-likeness (QED) is 0.764. The molecule has 2 aromatic rings. The number of para-hydroxylation sites is 1. The van der Waals surface area contributed by atoms with Gasteiger partial charge in [0.2, 0.25) is 5.91 Å². The summed E-state index contributed by atoms with van der Waals surface area (Å²) < 4.78 is 5.89. The van der Waals surface area contributed by atoms with E-state index < -0.39 is 0 Å². The molecule has 0 spiro atoms. The fraction of sp³-hybridized carbons (Fsp3) is 0.458. The zero-order chi connectivity index (χ0) is 19.5. The van der Waals surface area contributed by atoms with Gasteiger partial charge in [0.05, 0.1) is 6.04 Å². The van der Waals surface area contributed by atoms with Crippen LogP contribution in [0.2, 0.25) is 0 Å². The lowest BCUT2D eigenvalue weighted by Gasteiger charge is -2.30. The van der Waals surface area contributed by atoms with Gasteiger partial charge in [0, 0.05) is 38.5 Å². The lowest BCUT2D eigenvalue weighted by atomic mass is 9.87. The van der Waals surface area contributed by atoms with Gasteiger partial charge in [-0.3, -0.25) is 9.69 Å². The second kappa shape index (κ2) is 8.36. The number of aryl methyl sites for hydroxylation is 1. The van der Waals surface area contributed by atoms with E-state index in [1.807, 2.05) is 37.3 Å². The summed E-state index contributed by atoms with van der Waals surface area (Å²) in [6.45, 7) is 8.75. The minimum absolute atomic E-state index is 0.207. The van der Waals surface area contributed by atoms with Crippen molar-refractivity contribution in [1.82, 2.24) is 9.80 Å². The minimum Gasteiger partial charge on any atom is -0.492 e. The van der Waals surface area contributed by atoms with Crippen molar-refractivity contribution in [1.29, 1.82) is 0 Å². The van der Waals surface area contributed by atoms with E-state index in [2.05, 4.69) is 41.0 Å². The van der Waals surface area contributed by atoms with Gasteiger partial charge >= 0.3 is 0 Å². The first-order valence-electron chi connectivity index (χ1n) is 10.4. The molecule has 2 aliphatic rings. The fourth-order valence-electron chi connectivity index (χ4n) is 4.91. The van der Waals surface area contributed by atoms with Crippen molar-refractivity contribution in [3.63, 3.8) is 0 Å². The summed E-state index contributed by atoms with van der Waals surface area (Å²) in [5.41, 5.74) is 2.60. The molecule has 0 radical (unpaired) electrons. The Kier molecular flexibility index (Phi) is 5.67. The maximum absolute atomic E-state index is 12.6. The summed E-state index contributed by atoms with van der Waals surface area (Å²) in [7, 11) is 0. The third-order valence-corrected chi connectivity index (χ3v) is 6.29. The fourth-order valence-corrected chi connectivity index (χ4v) is 4.91. The average molecular weight is 379 g/mol. The molecular formula is C24H30N2O2. The topological polar surface area (TPSA) is 32.8 Å². The van der Waals surface area contributed by atoms with Crippen LogP contribution in [0.3, 0.4) is 0 Å². The van der Waals surface area contributed by atoms with Crippen LogP contribution in [0.4, 0.5) is 0 Å². The number of carbonyl (C=O) groups excluding carboxylic acids is 1. The maximum atomic E-state index is 12.6. The Labute approximate surface area is 168 Å². The van der Waals surface area contributed by atoms with Crippen LogP contribution in [0, 0.1) is 18.8 Å². The van der Waals surface area contributed by atoms with Gasteiger partial charge in [-0.2, -0.15) is 0 Å². The first kappa shape index (κ1) is 19.0. The number of likely N-dealkylation sites (tertiary alicyclic amines) is 2. The Bertz CT molecular complexity index is 807. The molecule has 0 N–H and O–H groups in total. The predicted octanol–water partition coefficient (Wildman–Crippen LogP) is 3.92. The molecule has 0 saturated carbocycles. The Morgan fingerprint density at radius 2 is 1.79 bits per heavy atom. The third kappa shape index (κ3) is 3.79. The highest BCUT2D eigenvalue weighted by Gasteiger charge is 2.48. The minimum atomic E-state index is 0.207. The van der Waals surface area contributed by atoms with Gasteiger partial charge in [-0.1, -0.05) is 49.4 Å². The number of amides is 1. The predicted molar refractivity (Wildman–Crippen MR) is 111 cm³/mol. The summed E-state index contributed by atoms with van der Waals surface area (Å²) in [6, 6.07) is 18.8. The first-order chi connectivity index (χ1) is 13.7. The van der Waals surface area contributed by atoms with Crippen molar-refractivity contribution in [2.24, 2.45) is 11.8 Å². The van der Waals surface area contributed by atoms with E-state index in [9.17, 15) is 4.79 Å². The molecule has 28 heavy (non-hydrogen) atoms. The summed E-state index contributed by atoms with van der Waals surface area (Å²) in [6.07, 6.45) is 0.580. The van der Waals surface area contributed by atoms with Crippen molar-refractivity contribution in [2.45, 2.75) is 26.3 Å². The highest BCUT2D eigenvalue weighted by Crippen LogP contribution is 2.45. The normalized spacial score (nSPS) is 24.4. The number of ether oxygens (including phenoxy) is 1. The largest absolute Gasteiger partial charge is 0.492 e. The van der Waals surface area contributed by atoms with Crippen molar-refractivity contribution < 1.29 is 9.53 Å². The SMILES string of the molecule is CCC(=O)N1C[C@@H]2CN(CCOc3ccccc3)C[C@@H]2[C@H]1c1ccccc1C. The van der Waals surface area contributed by atoms with E-state index in [-0.39, 0.29) is 11.9 Å². The zero-order valence-corrected chi connectivity index (χ0v) is 16.9. The number of fused-ring (bicyclic) bond motifs is 1. The van der Waals surface area contributed by atoms with Gasteiger partial charge < -0.3 is 9.64 Å². The van der Waals surface area contributed by atoms with E-state index in [4.69, 9.17) is 4.74 Å². The molecule has 148 valence electrons. The molecule has 4 heteroatoms. The van der Waals surface area contributed by atoms with Crippen LogP contribution in [0.5, 0.6) is 5.75 Å². The van der Waals surface area contributed by atoms with Gasteiger partial charge in [-0.05, 0) is 36.1 Å². The van der Waals surface area contributed by atoms with Gasteiger partial charge in [0.25, 0.3) is 0 Å². The van der Waals surface area contributed by atoms with Crippen LogP contribution >= 0.6 is 0 Å². The van der Waals surface area contributed by atoms with Crippen molar-refractivity contribution in [3.8, 4) is 5.75 Å². The van der Waals surface area contributed by atoms with Crippen molar-refractivity contribution in [3.05, 3.63) is 65.7 Å². The highest BCUT2D eigenvalue weighted by molar-refractivity contribution is 5.77. The van der Waals surface area contributed by atoms with Crippen LogP contribution in [-0.2, 0) is 4.79 Å². The second-order valence-electron chi connectivity index (χ2n) is 8.05. The molecule has 0 bridgehead atoms. The van der Waals surface area contributed by atoms with Gasteiger partial charge in [-0.15, -0.1) is 0 Å². The van der Waals surface area contributed by atoms with Gasteiger partial charge in [0.15, 0.2) is 0 Å². The first-order valence-corrected chi connectivity index (χ1v) is 10.4. The molecule has 4 rings (SSSR count). The lowest BCUT2D eigenvalue weighted by Crippen LogP contribution is -2.36. The van der Waals surface area contributed by atoms with Crippen LogP contribution in [0.15, 0.2) is 54.6 Å². The van der Waals surface area contributed by atoms with Crippen LogP contribution in [-0.4, -0.2) is 48.5 Å². The van der Waals surface area contributed by atoms with E-state index in [0.717, 1.165) is 31.9 Å². The number of nitrogens with zero attached hydrogens (tertiary/aromatic N) is 2. The molecule has 0 aromatic heterocycles. The third-order valence-electron chi connectivity index (χ3n) is 6.29. The zero-order valence-electron chi connectivity index (χ0n) is 16.9. The van der Waals surface area contributed by atoms with Crippen LogP contribution in [0.25, 0.3) is 0 Å². The summed E-state index contributed by atoms with van der Waals surface area (Å²) in [5, 5.41) is 0. The molecule has 0 aliphatic carbocycles. The molecule has 1 amide bonds. The summed E-state index contributed by atoms with van der Waals surface area (Å²) in [5.74, 6) is 2.27. The molecule has 2 heterocycles. The highest BCUT2D eigenvalue weighted by atomic mass is 16.5. The van der Waals surface area contributed by atoms with Crippen molar-refractivity contribution >= 4 is 5.91 Å². The maximum Gasteiger partial charge on any atom is 0.222 e. The number of hydrogen-bond donors (Lipinski definition) is 0. The molecule has 2 fully saturated rings. The van der Waals surface area contributed by atoms with Crippen LogP contribution in [0.1, 0.15) is 30.5 Å².